The third-order valence-electron chi connectivity index (χ3n) is 6.88. The van der Waals surface area contributed by atoms with Crippen molar-refractivity contribution in [3.05, 3.63) is 0 Å². The molecular formula is C31H62NO8P. The summed E-state index contributed by atoms with van der Waals surface area (Å²) in [6.07, 6.45) is 18.6. The number of hydrogen-bond acceptors (Lipinski definition) is 8. The van der Waals surface area contributed by atoms with Crippen LogP contribution in [0.2, 0.25) is 0 Å². The van der Waals surface area contributed by atoms with Crippen LogP contribution in [0.3, 0.4) is 0 Å². The molecule has 0 rings (SSSR count). The summed E-state index contributed by atoms with van der Waals surface area (Å²) in [5.74, 6) is -0.840. The molecule has 0 radical (unpaired) electrons. The highest BCUT2D eigenvalue weighted by Crippen LogP contribution is 2.38. The summed E-state index contributed by atoms with van der Waals surface area (Å²) in [6.45, 7) is 4.14. The Kier molecular flexibility index (Phi) is 24.9. The lowest BCUT2D eigenvalue weighted by Gasteiger charge is -2.28. The molecule has 0 aliphatic heterocycles. The third-order valence-corrected chi connectivity index (χ3v) is 7.84. The van der Waals surface area contributed by atoms with Crippen molar-refractivity contribution in [3.63, 3.8) is 0 Å². The van der Waals surface area contributed by atoms with Crippen molar-refractivity contribution in [2.45, 2.75) is 142 Å². The molecule has 0 aromatic carbocycles. The predicted octanol–water partition coefficient (Wildman–Crippen LogP) is 7.10. The van der Waals surface area contributed by atoms with Gasteiger partial charge in [-0.05, 0) is 12.8 Å². The minimum absolute atomic E-state index is 0.0269. The van der Waals surface area contributed by atoms with Gasteiger partial charge in [0, 0.05) is 12.8 Å². The summed E-state index contributed by atoms with van der Waals surface area (Å²) in [6, 6.07) is 0. The highest BCUT2D eigenvalue weighted by atomic mass is 31.2. The van der Waals surface area contributed by atoms with Crippen LogP contribution in [0.5, 0.6) is 0 Å². The van der Waals surface area contributed by atoms with E-state index in [0.717, 1.165) is 38.5 Å². The Labute approximate surface area is 251 Å². The first kappa shape index (κ1) is 40.0. The van der Waals surface area contributed by atoms with Gasteiger partial charge in [-0.2, -0.15) is 0 Å². The molecule has 0 aromatic rings. The van der Waals surface area contributed by atoms with E-state index in [4.69, 9.17) is 18.5 Å². The monoisotopic (exact) mass is 607 g/mol. The molecule has 0 amide bonds. The van der Waals surface area contributed by atoms with E-state index < -0.39 is 26.5 Å². The summed E-state index contributed by atoms with van der Waals surface area (Å²) < 4.78 is 33.5. The maximum absolute atomic E-state index is 12.4. The minimum atomic E-state index is -4.59. The lowest BCUT2D eigenvalue weighted by Crippen LogP contribution is -2.37. The van der Waals surface area contributed by atoms with Gasteiger partial charge in [0.2, 0.25) is 0 Å². The van der Waals surface area contributed by atoms with Crippen molar-refractivity contribution in [1.29, 1.82) is 0 Å². The topological polar surface area (TPSA) is 111 Å². The fourth-order valence-electron chi connectivity index (χ4n) is 4.24. The SMILES string of the molecule is CCCCCCCCCCCC(=O)OC[C@H](COP(=O)([O-])OCC[N+](C)(C)C)OC(=O)CCCCCCCCCC. The van der Waals surface area contributed by atoms with Crippen molar-refractivity contribution in [2.75, 3.05) is 47.5 Å². The first-order valence-corrected chi connectivity index (χ1v) is 17.7. The van der Waals surface area contributed by atoms with Crippen LogP contribution in [-0.2, 0) is 32.7 Å². The van der Waals surface area contributed by atoms with E-state index >= 15 is 0 Å². The van der Waals surface area contributed by atoms with E-state index in [1.54, 1.807) is 0 Å². The number of esters is 2. The Hall–Kier alpha value is -0.990. The molecule has 0 heterocycles. The van der Waals surface area contributed by atoms with Gasteiger partial charge in [0.05, 0.1) is 27.7 Å². The van der Waals surface area contributed by atoms with Crippen molar-refractivity contribution >= 4 is 19.8 Å². The van der Waals surface area contributed by atoms with Gasteiger partial charge in [0.1, 0.15) is 19.8 Å². The summed E-state index contributed by atoms with van der Waals surface area (Å²) in [7, 11) is 1.17. The molecule has 41 heavy (non-hydrogen) atoms. The van der Waals surface area contributed by atoms with Crippen molar-refractivity contribution in [3.8, 4) is 0 Å². The Morgan fingerprint density at radius 1 is 0.659 bits per heavy atom. The second-order valence-electron chi connectivity index (χ2n) is 12.2. The van der Waals surface area contributed by atoms with E-state index in [2.05, 4.69) is 13.8 Å². The summed E-state index contributed by atoms with van der Waals surface area (Å²) in [5, 5.41) is 0. The Morgan fingerprint density at radius 2 is 1.10 bits per heavy atom. The van der Waals surface area contributed by atoms with Gasteiger partial charge in [0.15, 0.2) is 6.10 Å². The average molecular weight is 608 g/mol. The molecule has 0 N–H and O–H groups in total. The number of carbonyl (C=O) groups excluding carboxylic acids is 2. The quantitative estimate of drug-likeness (QED) is 0.0383. The number of ether oxygens (including phenoxy) is 2. The molecule has 0 aliphatic carbocycles. The molecule has 0 aliphatic rings. The molecular weight excluding hydrogens is 545 g/mol. The zero-order valence-corrected chi connectivity index (χ0v) is 27.9. The van der Waals surface area contributed by atoms with Gasteiger partial charge in [-0.1, -0.05) is 110 Å². The number of rotatable bonds is 29. The zero-order chi connectivity index (χ0) is 30.8. The van der Waals surface area contributed by atoms with E-state index in [0.29, 0.717) is 17.4 Å². The van der Waals surface area contributed by atoms with E-state index in [-0.39, 0.29) is 32.0 Å². The number of quaternary nitrogens is 1. The molecule has 244 valence electrons. The molecule has 2 atom stereocenters. The first-order valence-electron chi connectivity index (χ1n) is 16.2. The fourth-order valence-corrected chi connectivity index (χ4v) is 4.97. The lowest BCUT2D eigenvalue weighted by molar-refractivity contribution is -0.870. The highest BCUT2D eigenvalue weighted by Gasteiger charge is 2.21. The second kappa shape index (κ2) is 25.5. The van der Waals surface area contributed by atoms with Gasteiger partial charge >= 0.3 is 11.9 Å². The normalized spacial score (nSPS) is 14.0. The Bertz CT molecular complexity index is 698. The number of unbranched alkanes of at least 4 members (excludes halogenated alkanes) is 15. The smallest absolute Gasteiger partial charge is 0.306 e. The van der Waals surface area contributed by atoms with Gasteiger partial charge in [-0.3, -0.25) is 14.2 Å². The van der Waals surface area contributed by atoms with Crippen molar-refractivity contribution in [1.82, 2.24) is 0 Å². The highest BCUT2D eigenvalue weighted by molar-refractivity contribution is 7.45. The number of hydrogen-bond donors (Lipinski definition) is 0. The average Bonchev–Trinajstić information content (AvgIpc) is 2.90. The van der Waals surface area contributed by atoms with Crippen LogP contribution in [0.1, 0.15) is 136 Å². The lowest BCUT2D eigenvalue weighted by atomic mass is 10.1. The molecule has 1 unspecified atom stereocenters. The standard InChI is InChI=1S/C31H62NO8P/c1-6-8-10-12-14-16-18-19-21-23-30(33)37-27-29(28-39-41(35,36)38-26-25-32(3,4)5)40-31(34)24-22-20-17-15-13-11-9-7-2/h29H,6-28H2,1-5H3/t29-/m1/s1. The van der Waals surface area contributed by atoms with Gasteiger partial charge in [0.25, 0.3) is 7.82 Å². The van der Waals surface area contributed by atoms with E-state index in [9.17, 15) is 19.0 Å². The van der Waals surface area contributed by atoms with Gasteiger partial charge in [-0.25, -0.2) is 0 Å². The van der Waals surface area contributed by atoms with Crippen LogP contribution in [0.25, 0.3) is 0 Å². The fraction of sp³-hybridized carbons (Fsp3) is 0.935. The number of carbonyl (C=O) groups is 2. The van der Waals surface area contributed by atoms with Crippen LogP contribution in [0.4, 0.5) is 0 Å². The molecule has 0 bridgehead atoms. The zero-order valence-electron chi connectivity index (χ0n) is 27.0. The van der Waals surface area contributed by atoms with Gasteiger partial charge < -0.3 is 27.9 Å². The summed E-state index contributed by atoms with van der Waals surface area (Å²) in [5.41, 5.74) is 0. The Morgan fingerprint density at radius 3 is 1.56 bits per heavy atom. The largest absolute Gasteiger partial charge is 0.756 e. The van der Waals surface area contributed by atoms with Crippen LogP contribution >= 0.6 is 7.82 Å². The minimum Gasteiger partial charge on any atom is -0.756 e. The number of phosphoric acid groups is 1. The second-order valence-corrected chi connectivity index (χ2v) is 13.6. The number of likely N-dealkylation sites (N-methyl/N-ethyl adjacent to an activating group) is 1. The number of phosphoric ester groups is 1. The van der Waals surface area contributed by atoms with Crippen LogP contribution in [0.15, 0.2) is 0 Å². The molecule has 0 saturated heterocycles. The maximum atomic E-state index is 12.4. The summed E-state index contributed by atoms with van der Waals surface area (Å²) in [4.78, 5) is 36.9. The first-order chi connectivity index (χ1) is 19.5. The molecule has 10 heteroatoms. The maximum Gasteiger partial charge on any atom is 0.306 e. The van der Waals surface area contributed by atoms with E-state index in [1.165, 1.54) is 64.2 Å². The van der Waals surface area contributed by atoms with E-state index in [1.807, 2.05) is 21.1 Å². The number of nitrogens with zero attached hydrogens (tertiary/aromatic N) is 1. The van der Waals surface area contributed by atoms with Crippen molar-refractivity contribution < 1.29 is 42.1 Å². The van der Waals surface area contributed by atoms with Crippen LogP contribution < -0.4 is 4.89 Å². The molecule has 0 fully saturated rings. The third kappa shape index (κ3) is 28.9. The molecule has 0 spiro atoms. The van der Waals surface area contributed by atoms with Crippen molar-refractivity contribution in [2.24, 2.45) is 0 Å². The predicted molar refractivity (Wildman–Crippen MR) is 162 cm³/mol. The molecule has 9 nitrogen and oxygen atoms in total. The van der Waals surface area contributed by atoms with Crippen LogP contribution in [0, 0.1) is 0 Å². The summed E-state index contributed by atoms with van der Waals surface area (Å²) >= 11 is 0. The molecule has 0 aromatic heterocycles. The Balaban J connectivity index is 4.52. The molecule has 0 saturated carbocycles. The van der Waals surface area contributed by atoms with Gasteiger partial charge in [-0.15, -0.1) is 0 Å². The van der Waals surface area contributed by atoms with Crippen LogP contribution in [-0.4, -0.2) is 70.0 Å².